The van der Waals surface area contributed by atoms with Crippen LogP contribution in [0.25, 0.3) is 5.69 Å². The average molecular weight is 456 g/mol. The zero-order chi connectivity index (χ0) is 23.3. The fourth-order valence-corrected chi connectivity index (χ4v) is 3.48. The van der Waals surface area contributed by atoms with E-state index in [0.29, 0.717) is 11.5 Å². The van der Waals surface area contributed by atoms with Gasteiger partial charge in [-0.15, -0.1) is 0 Å². The molecule has 0 saturated carbocycles. The van der Waals surface area contributed by atoms with Crippen LogP contribution in [0.3, 0.4) is 0 Å². The maximum atomic E-state index is 12.1. The van der Waals surface area contributed by atoms with E-state index in [1.807, 2.05) is 24.5 Å². The van der Waals surface area contributed by atoms with Crippen LogP contribution in [0.5, 0.6) is 11.5 Å². The molecular formula is C23H22ClN3O5. The first-order valence-electron chi connectivity index (χ1n) is 9.61. The molecule has 0 saturated heterocycles. The topological polar surface area (TPSA) is 102 Å². The first-order valence-corrected chi connectivity index (χ1v) is 9.99. The predicted octanol–water partition coefficient (Wildman–Crippen LogP) is 3.98. The fourth-order valence-electron chi connectivity index (χ4n) is 3.22. The summed E-state index contributed by atoms with van der Waals surface area (Å²) >= 11 is 6.11. The largest absolute Gasteiger partial charge is 0.493 e. The van der Waals surface area contributed by atoms with E-state index in [9.17, 15) is 9.59 Å². The number of hydrogen-bond acceptors (Lipinski definition) is 5. The van der Waals surface area contributed by atoms with E-state index >= 15 is 0 Å². The zero-order valence-corrected chi connectivity index (χ0v) is 18.5. The van der Waals surface area contributed by atoms with Gasteiger partial charge in [-0.05, 0) is 50.2 Å². The number of halogens is 1. The summed E-state index contributed by atoms with van der Waals surface area (Å²) in [4.78, 5) is 23.2. The van der Waals surface area contributed by atoms with Crippen LogP contribution in [0, 0.1) is 13.8 Å². The number of amides is 1. The van der Waals surface area contributed by atoms with Gasteiger partial charge in [0.25, 0.3) is 5.91 Å². The van der Waals surface area contributed by atoms with Crippen LogP contribution in [-0.4, -0.2) is 41.5 Å². The Hall–Kier alpha value is -3.78. The molecule has 8 nitrogen and oxygen atoms in total. The Labute approximate surface area is 190 Å². The van der Waals surface area contributed by atoms with Crippen LogP contribution in [0.4, 0.5) is 0 Å². The second-order valence-electron chi connectivity index (χ2n) is 6.86. The van der Waals surface area contributed by atoms with Gasteiger partial charge in [-0.1, -0.05) is 23.7 Å². The lowest BCUT2D eigenvalue weighted by atomic mass is 10.2. The van der Waals surface area contributed by atoms with Crippen molar-refractivity contribution in [3.05, 3.63) is 76.1 Å². The lowest BCUT2D eigenvalue weighted by Crippen LogP contribution is -2.24. The Kier molecular flexibility index (Phi) is 7.17. The second kappa shape index (κ2) is 10.0. The number of hydrogen-bond donors (Lipinski definition) is 2. The smallest absolute Gasteiger partial charge is 0.337 e. The summed E-state index contributed by atoms with van der Waals surface area (Å²) < 4.78 is 12.6. The number of nitrogens with one attached hydrogen (secondary N) is 1. The Morgan fingerprint density at radius 3 is 2.53 bits per heavy atom. The van der Waals surface area contributed by atoms with Crippen molar-refractivity contribution in [3.63, 3.8) is 0 Å². The number of ether oxygens (including phenoxy) is 2. The number of carbonyl (C=O) groups is 2. The maximum Gasteiger partial charge on any atom is 0.337 e. The highest BCUT2D eigenvalue weighted by atomic mass is 35.5. The van der Waals surface area contributed by atoms with Crippen LogP contribution in [0.1, 0.15) is 27.3 Å². The lowest BCUT2D eigenvalue weighted by Gasteiger charge is -2.11. The first-order chi connectivity index (χ1) is 15.3. The summed E-state index contributed by atoms with van der Waals surface area (Å²) in [6.07, 6.45) is 1.53. The van der Waals surface area contributed by atoms with Gasteiger partial charge in [-0.3, -0.25) is 4.79 Å². The molecule has 0 aliphatic rings. The van der Waals surface area contributed by atoms with Crippen molar-refractivity contribution in [2.75, 3.05) is 13.7 Å². The van der Waals surface area contributed by atoms with Crippen molar-refractivity contribution in [1.29, 1.82) is 0 Å². The van der Waals surface area contributed by atoms with Crippen molar-refractivity contribution in [3.8, 4) is 17.2 Å². The van der Waals surface area contributed by atoms with Gasteiger partial charge in [0.1, 0.15) is 0 Å². The van der Waals surface area contributed by atoms with Crippen molar-refractivity contribution in [2.45, 2.75) is 13.8 Å². The summed E-state index contributed by atoms with van der Waals surface area (Å²) in [5, 5.41) is 13.3. The summed E-state index contributed by atoms with van der Waals surface area (Å²) in [5.74, 6) is -0.504. The number of benzene rings is 2. The van der Waals surface area contributed by atoms with Crippen molar-refractivity contribution in [1.82, 2.24) is 9.99 Å². The van der Waals surface area contributed by atoms with E-state index in [1.54, 1.807) is 36.4 Å². The molecule has 32 heavy (non-hydrogen) atoms. The van der Waals surface area contributed by atoms with E-state index < -0.39 is 11.9 Å². The normalized spacial score (nSPS) is 10.9. The quantitative estimate of drug-likeness (QED) is 0.395. The molecule has 0 radical (unpaired) electrons. The molecule has 2 aromatic carbocycles. The molecule has 1 aromatic heterocycles. The summed E-state index contributed by atoms with van der Waals surface area (Å²) in [6.45, 7) is 3.58. The van der Waals surface area contributed by atoms with E-state index in [0.717, 1.165) is 22.6 Å². The molecule has 1 heterocycles. The standard InChI is InChI=1S/C23H22ClN3O5/c1-14-10-16(15(2)27(14)17-8-9-18(23(29)30)19(24)11-17)12-25-26-22(28)13-32-21-7-5-4-6-20(21)31-3/h4-12H,13H2,1-3H3,(H,26,28)(H,29,30)/b25-12+. The number of methoxy groups -OCH3 is 1. The summed E-state index contributed by atoms with van der Waals surface area (Å²) in [7, 11) is 1.53. The first kappa shape index (κ1) is 22.9. The number of aromatic nitrogens is 1. The molecular weight excluding hydrogens is 434 g/mol. The average Bonchev–Trinajstić information content (AvgIpc) is 3.05. The molecule has 0 aliphatic carbocycles. The van der Waals surface area contributed by atoms with Crippen molar-refractivity contribution < 1.29 is 24.2 Å². The molecule has 3 rings (SSSR count). The Morgan fingerprint density at radius 1 is 1.16 bits per heavy atom. The van der Waals surface area contributed by atoms with Gasteiger partial charge in [-0.2, -0.15) is 5.10 Å². The number of aryl methyl sites for hydroxylation is 1. The number of carboxylic acids is 1. The Morgan fingerprint density at radius 2 is 1.88 bits per heavy atom. The third kappa shape index (κ3) is 5.09. The van der Waals surface area contributed by atoms with Gasteiger partial charge in [0.2, 0.25) is 0 Å². The van der Waals surface area contributed by atoms with Crippen LogP contribution < -0.4 is 14.9 Å². The van der Waals surface area contributed by atoms with E-state index in [4.69, 9.17) is 26.2 Å². The molecule has 0 unspecified atom stereocenters. The minimum Gasteiger partial charge on any atom is -0.493 e. The molecule has 3 aromatic rings. The zero-order valence-electron chi connectivity index (χ0n) is 17.8. The minimum atomic E-state index is -1.08. The second-order valence-corrected chi connectivity index (χ2v) is 7.27. The highest BCUT2D eigenvalue weighted by molar-refractivity contribution is 6.33. The third-order valence-electron chi connectivity index (χ3n) is 4.73. The molecule has 0 spiro atoms. The van der Waals surface area contributed by atoms with Gasteiger partial charge in [0, 0.05) is 22.6 Å². The van der Waals surface area contributed by atoms with Gasteiger partial charge < -0.3 is 19.1 Å². The highest BCUT2D eigenvalue weighted by Gasteiger charge is 2.14. The van der Waals surface area contributed by atoms with Crippen LogP contribution in [0.2, 0.25) is 5.02 Å². The molecule has 1 amide bonds. The Balaban J connectivity index is 1.67. The van der Waals surface area contributed by atoms with Crippen molar-refractivity contribution >= 4 is 29.7 Å². The van der Waals surface area contributed by atoms with Gasteiger partial charge >= 0.3 is 5.97 Å². The number of rotatable bonds is 8. The maximum absolute atomic E-state index is 12.1. The summed E-state index contributed by atoms with van der Waals surface area (Å²) in [6, 6.07) is 13.7. The summed E-state index contributed by atoms with van der Waals surface area (Å²) in [5.41, 5.74) is 5.73. The molecule has 166 valence electrons. The SMILES string of the molecule is COc1ccccc1OCC(=O)N/N=C/c1cc(C)n(-c2ccc(C(=O)O)c(Cl)c2)c1C. The molecule has 0 atom stereocenters. The van der Waals surface area contributed by atoms with Gasteiger partial charge in [0.15, 0.2) is 18.1 Å². The van der Waals surface area contributed by atoms with Crippen LogP contribution in [-0.2, 0) is 4.79 Å². The monoisotopic (exact) mass is 455 g/mol. The van der Waals surface area contributed by atoms with Crippen LogP contribution >= 0.6 is 11.6 Å². The van der Waals surface area contributed by atoms with E-state index in [2.05, 4.69) is 10.5 Å². The van der Waals surface area contributed by atoms with Gasteiger partial charge in [0.05, 0.1) is 23.9 Å². The highest BCUT2D eigenvalue weighted by Crippen LogP contribution is 2.26. The minimum absolute atomic E-state index is 0.0396. The predicted molar refractivity (Wildman–Crippen MR) is 121 cm³/mol. The number of carbonyl (C=O) groups excluding carboxylic acids is 1. The molecule has 9 heteroatoms. The molecule has 2 N–H and O–H groups in total. The van der Waals surface area contributed by atoms with E-state index in [1.165, 1.54) is 19.4 Å². The number of aromatic carboxylic acids is 1. The van der Waals surface area contributed by atoms with Gasteiger partial charge in [-0.25, -0.2) is 10.2 Å². The molecule has 0 aliphatic heterocycles. The Bertz CT molecular complexity index is 1190. The number of carboxylic acid groups (broad SMARTS) is 1. The van der Waals surface area contributed by atoms with Crippen LogP contribution in [0.15, 0.2) is 53.6 Å². The fraction of sp³-hybridized carbons (Fsp3) is 0.174. The third-order valence-corrected chi connectivity index (χ3v) is 5.04. The number of hydrazone groups is 1. The number of nitrogens with zero attached hydrogens (tertiary/aromatic N) is 2. The molecule has 0 fully saturated rings. The number of para-hydroxylation sites is 2. The molecule has 0 bridgehead atoms. The lowest BCUT2D eigenvalue weighted by molar-refractivity contribution is -0.123. The van der Waals surface area contributed by atoms with E-state index in [-0.39, 0.29) is 17.2 Å². The van der Waals surface area contributed by atoms with Crippen molar-refractivity contribution in [2.24, 2.45) is 5.10 Å².